The lowest BCUT2D eigenvalue weighted by atomic mass is 9.97. The van der Waals surface area contributed by atoms with Gasteiger partial charge in [0.15, 0.2) is 0 Å². The fourth-order valence-corrected chi connectivity index (χ4v) is 2.23. The summed E-state index contributed by atoms with van der Waals surface area (Å²) in [6.07, 6.45) is 1.88. The van der Waals surface area contributed by atoms with Crippen LogP contribution in [0.2, 0.25) is 0 Å². The van der Waals surface area contributed by atoms with E-state index in [1.165, 1.54) is 11.1 Å². The van der Waals surface area contributed by atoms with Crippen molar-refractivity contribution in [1.82, 2.24) is 5.32 Å². The summed E-state index contributed by atoms with van der Waals surface area (Å²) < 4.78 is 5.76. The number of benzene rings is 1. The zero-order chi connectivity index (χ0) is 12.3. The molecule has 1 N–H and O–H groups in total. The molecule has 0 saturated carbocycles. The summed E-state index contributed by atoms with van der Waals surface area (Å²) in [6.45, 7) is 4.35. The molecule has 1 aromatic carbocycles. The highest BCUT2D eigenvalue weighted by molar-refractivity contribution is 5.73. The summed E-state index contributed by atoms with van der Waals surface area (Å²) in [4.78, 5) is 11.0. The second kappa shape index (κ2) is 5.32. The van der Waals surface area contributed by atoms with E-state index in [0.29, 0.717) is 6.61 Å². The Morgan fingerprint density at radius 1 is 1.35 bits per heavy atom. The smallest absolute Gasteiger partial charge is 0.217 e. The highest BCUT2D eigenvalue weighted by atomic mass is 16.5. The summed E-state index contributed by atoms with van der Waals surface area (Å²) in [6, 6.07) is 8.65. The van der Waals surface area contributed by atoms with Crippen LogP contribution in [0.4, 0.5) is 0 Å². The minimum absolute atomic E-state index is 0.0413. The number of amides is 1. The molecule has 1 saturated heterocycles. The van der Waals surface area contributed by atoms with Crippen LogP contribution in [0.5, 0.6) is 0 Å². The topological polar surface area (TPSA) is 38.3 Å². The third-order valence-corrected chi connectivity index (χ3v) is 3.14. The normalized spacial score (nSPS) is 24.4. The van der Waals surface area contributed by atoms with E-state index in [4.69, 9.17) is 4.74 Å². The van der Waals surface area contributed by atoms with Crippen molar-refractivity contribution in [2.45, 2.75) is 38.8 Å². The summed E-state index contributed by atoms with van der Waals surface area (Å²) in [5.74, 6) is 0.0413. The molecule has 0 radical (unpaired) electrons. The SMILES string of the molecule is CC(=O)N[C@@H]1CCO[C@@H](c2ccc(C)cc2)C1. The molecule has 2 rings (SSSR count). The molecule has 1 aromatic rings. The quantitative estimate of drug-likeness (QED) is 0.851. The molecule has 0 unspecified atom stereocenters. The standard InChI is InChI=1S/C14H19NO2/c1-10-3-5-12(6-4-10)14-9-13(7-8-17-14)15-11(2)16/h3-6,13-14H,7-9H2,1-2H3,(H,15,16)/t13-,14-/m1/s1. The lowest BCUT2D eigenvalue weighted by molar-refractivity contribution is -0.120. The Bertz CT molecular complexity index is 386. The number of nitrogens with one attached hydrogen (secondary N) is 1. The zero-order valence-corrected chi connectivity index (χ0v) is 10.4. The van der Waals surface area contributed by atoms with Gasteiger partial charge in [-0.15, -0.1) is 0 Å². The van der Waals surface area contributed by atoms with E-state index in [0.717, 1.165) is 12.8 Å². The molecule has 1 aliphatic heterocycles. The van der Waals surface area contributed by atoms with E-state index in [-0.39, 0.29) is 18.1 Å². The van der Waals surface area contributed by atoms with E-state index < -0.39 is 0 Å². The molecule has 0 spiro atoms. The van der Waals surface area contributed by atoms with Crippen molar-refractivity contribution in [3.63, 3.8) is 0 Å². The van der Waals surface area contributed by atoms with Gasteiger partial charge >= 0.3 is 0 Å². The van der Waals surface area contributed by atoms with Crippen LogP contribution in [-0.4, -0.2) is 18.6 Å². The average Bonchev–Trinajstić information content (AvgIpc) is 2.29. The van der Waals surface area contributed by atoms with Crippen molar-refractivity contribution in [3.05, 3.63) is 35.4 Å². The molecular weight excluding hydrogens is 214 g/mol. The highest BCUT2D eigenvalue weighted by Crippen LogP contribution is 2.28. The predicted molar refractivity (Wildman–Crippen MR) is 66.7 cm³/mol. The number of hydrogen-bond acceptors (Lipinski definition) is 2. The van der Waals surface area contributed by atoms with Crippen molar-refractivity contribution in [3.8, 4) is 0 Å². The molecule has 0 aromatic heterocycles. The molecule has 1 heterocycles. The van der Waals surface area contributed by atoms with Gasteiger partial charge in [-0.2, -0.15) is 0 Å². The number of rotatable bonds is 2. The molecule has 0 bridgehead atoms. The van der Waals surface area contributed by atoms with Gasteiger partial charge in [-0.3, -0.25) is 4.79 Å². The minimum atomic E-state index is 0.0413. The number of aryl methyl sites for hydroxylation is 1. The summed E-state index contributed by atoms with van der Waals surface area (Å²) in [5.41, 5.74) is 2.45. The van der Waals surface area contributed by atoms with Gasteiger partial charge in [-0.05, 0) is 25.3 Å². The maximum absolute atomic E-state index is 11.0. The molecule has 17 heavy (non-hydrogen) atoms. The van der Waals surface area contributed by atoms with Crippen molar-refractivity contribution in [1.29, 1.82) is 0 Å². The summed E-state index contributed by atoms with van der Waals surface area (Å²) >= 11 is 0. The third-order valence-electron chi connectivity index (χ3n) is 3.14. The van der Waals surface area contributed by atoms with Gasteiger partial charge in [0.05, 0.1) is 6.10 Å². The van der Waals surface area contributed by atoms with Gasteiger partial charge in [0.25, 0.3) is 0 Å². The van der Waals surface area contributed by atoms with Gasteiger partial charge in [-0.1, -0.05) is 29.8 Å². The first kappa shape index (κ1) is 12.1. The summed E-state index contributed by atoms with van der Waals surface area (Å²) in [7, 11) is 0. The molecular formula is C14H19NO2. The van der Waals surface area contributed by atoms with Crippen LogP contribution in [0, 0.1) is 6.92 Å². The van der Waals surface area contributed by atoms with Crippen LogP contribution in [0.3, 0.4) is 0 Å². The first-order valence-electron chi connectivity index (χ1n) is 6.10. The van der Waals surface area contributed by atoms with Gasteiger partial charge in [0.1, 0.15) is 0 Å². The highest BCUT2D eigenvalue weighted by Gasteiger charge is 2.24. The second-order valence-electron chi connectivity index (χ2n) is 4.69. The van der Waals surface area contributed by atoms with E-state index >= 15 is 0 Å². The predicted octanol–water partition coefficient (Wildman–Crippen LogP) is 2.35. The molecule has 1 aliphatic rings. The van der Waals surface area contributed by atoms with Crippen LogP contribution in [-0.2, 0) is 9.53 Å². The van der Waals surface area contributed by atoms with Gasteiger partial charge in [0.2, 0.25) is 5.91 Å². The van der Waals surface area contributed by atoms with E-state index in [1.54, 1.807) is 6.92 Å². The van der Waals surface area contributed by atoms with E-state index in [1.807, 2.05) is 0 Å². The molecule has 1 amide bonds. The number of carbonyl (C=O) groups excluding carboxylic acids is 1. The fraction of sp³-hybridized carbons (Fsp3) is 0.500. The number of carbonyl (C=O) groups is 1. The van der Waals surface area contributed by atoms with Crippen molar-refractivity contribution in [2.75, 3.05) is 6.61 Å². The lowest BCUT2D eigenvalue weighted by Crippen LogP contribution is -2.38. The lowest BCUT2D eigenvalue weighted by Gasteiger charge is -2.30. The first-order chi connectivity index (χ1) is 8.15. The first-order valence-corrected chi connectivity index (χ1v) is 6.10. The fourth-order valence-electron chi connectivity index (χ4n) is 2.23. The largest absolute Gasteiger partial charge is 0.373 e. The Hall–Kier alpha value is -1.35. The third kappa shape index (κ3) is 3.30. The Morgan fingerprint density at radius 3 is 2.71 bits per heavy atom. The van der Waals surface area contributed by atoms with Crippen LogP contribution < -0.4 is 5.32 Å². The van der Waals surface area contributed by atoms with Gasteiger partial charge in [0, 0.05) is 19.6 Å². The Labute approximate surface area is 102 Å². The molecule has 2 atom stereocenters. The minimum Gasteiger partial charge on any atom is -0.373 e. The molecule has 3 nitrogen and oxygen atoms in total. The second-order valence-corrected chi connectivity index (χ2v) is 4.69. The molecule has 1 fully saturated rings. The molecule has 0 aliphatic carbocycles. The van der Waals surface area contributed by atoms with Crippen LogP contribution in [0.25, 0.3) is 0 Å². The van der Waals surface area contributed by atoms with Gasteiger partial charge in [-0.25, -0.2) is 0 Å². The van der Waals surface area contributed by atoms with Gasteiger partial charge < -0.3 is 10.1 Å². The van der Waals surface area contributed by atoms with Crippen LogP contribution >= 0.6 is 0 Å². The van der Waals surface area contributed by atoms with Crippen molar-refractivity contribution < 1.29 is 9.53 Å². The number of hydrogen-bond donors (Lipinski definition) is 1. The van der Waals surface area contributed by atoms with E-state index in [9.17, 15) is 4.79 Å². The molecule has 92 valence electrons. The van der Waals surface area contributed by atoms with E-state index in [2.05, 4.69) is 36.5 Å². The van der Waals surface area contributed by atoms with Crippen molar-refractivity contribution in [2.24, 2.45) is 0 Å². The number of ether oxygens (including phenoxy) is 1. The Kier molecular flexibility index (Phi) is 3.79. The maximum atomic E-state index is 11.0. The van der Waals surface area contributed by atoms with Crippen molar-refractivity contribution >= 4 is 5.91 Å². The average molecular weight is 233 g/mol. The van der Waals surface area contributed by atoms with Crippen LogP contribution in [0.15, 0.2) is 24.3 Å². The monoisotopic (exact) mass is 233 g/mol. The maximum Gasteiger partial charge on any atom is 0.217 e. The Morgan fingerprint density at radius 2 is 2.06 bits per heavy atom. The molecule has 3 heteroatoms. The van der Waals surface area contributed by atoms with Crippen LogP contribution in [0.1, 0.15) is 37.0 Å². The zero-order valence-electron chi connectivity index (χ0n) is 10.4. The summed E-state index contributed by atoms with van der Waals surface area (Å²) in [5, 5.41) is 2.97. The Balaban J connectivity index is 2.01.